The fraction of sp³-hybridized carbons (Fsp3) is 0.636. The van der Waals surface area contributed by atoms with Gasteiger partial charge in [0, 0.05) is 12.8 Å². The number of amides is 1. The third-order valence-electron chi connectivity index (χ3n) is 4.50. The highest BCUT2D eigenvalue weighted by molar-refractivity contribution is 7.99. The molecule has 0 saturated heterocycles. The highest BCUT2D eigenvalue weighted by Gasteiger charge is 2.19. The van der Waals surface area contributed by atoms with E-state index in [4.69, 9.17) is 0 Å². The maximum absolute atomic E-state index is 12.0. The number of carboxylic acids is 1. The topological polar surface area (TPSA) is 66.4 Å². The second-order valence-electron chi connectivity index (χ2n) is 6.99. The number of carbonyl (C=O) groups is 2. The first-order chi connectivity index (χ1) is 13.1. The molecule has 0 aromatic heterocycles. The Balaban J connectivity index is 2.07. The molecule has 0 bridgehead atoms. The Hall–Kier alpha value is -1.49. The van der Waals surface area contributed by atoms with Crippen molar-refractivity contribution >= 4 is 23.6 Å². The first kappa shape index (κ1) is 23.5. The smallest absolute Gasteiger partial charge is 0.326 e. The van der Waals surface area contributed by atoms with E-state index >= 15 is 0 Å². The molecule has 1 atom stereocenters. The van der Waals surface area contributed by atoms with Crippen molar-refractivity contribution in [3.63, 3.8) is 0 Å². The lowest BCUT2D eigenvalue weighted by molar-refractivity contribution is -0.141. The van der Waals surface area contributed by atoms with Gasteiger partial charge in [0.05, 0.1) is 0 Å². The SMILES string of the molecule is CCCCCCCCSCCCCC(=O)N[C@@H](Cc1ccccc1)C(=O)O. The van der Waals surface area contributed by atoms with E-state index in [0.717, 1.165) is 24.2 Å². The van der Waals surface area contributed by atoms with Gasteiger partial charge in [0.15, 0.2) is 0 Å². The number of unbranched alkanes of at least 4 members (excludes halogenated alkanes) is 6. The van der Waals surface area contributed by atoms with Gasteiger partial charge in [0.1, 0.15) is 6.04 Å². The molecule has 0 aliphatic carbocycles. The van der Waals surface area contributed by atoms with Gasteiger partial charge >= 0.3 is 5.97 Å². The Morgan fingerprint density at radius 2 is 1.59 bits per heavy atom. The minimum atomic E-state index is -0.985. The van der Waals surface area contributed by atoms with Crippen molar-refractivity contribution in [1.29, 1.82) is 0 Å². The Kier molecular flexibility index (Phi) is 13.6. The number of hydrogen-bond donors (Lipinski definition) is 2. The van der Waals surface area contributed by atoms with Crippen LogP contribution in [0.3, 0.4) is 0 Å². The molecular formula is C22H35NO3S. The lowest BCUT2D eigenvalue weighted by atomic mass is 10.1. The Morgan fingerprint density at radius 3 is 2.26 bits per heavy atom. The van der Waals surface area contributed by atoms with Crippen LogP contribution in [0.5, 0.6) is 0 Å². The first-order valence-electron chi connectivity index (χ1n) is 10.3. The molecule has 0 radical (unpaired) electrons. The van der Waals surface area contributed by atoms with Crippen LogP contribution in [0.4, 0.5) is 0 Å². The van der Waals surface area contributed by atoms with E-state index in [-0.39, 0.29) is 5.91 Å². The van der Waals surface area contributed by atoms with E-state index in [1.54, 1.807) is 0 Å². The molecule has 1 rings (SSSR count). The van der Waals surface area contributed by atoms with Crippen LogP contribution in [0.2, 0.25) is 0 Å². The Morgan fingerprint density at radius 1 is 0.963 bits per heavy atom. The third-order valence-corrected chi connectivity index (χ3v) is 5.66. The molecule has 0 aliphatic rings. The van der Waals surface area contributed by atoms with Crippen LogP contribution in [0.25, 0.3) is 0 Å². The zero-order valence-corrected chi connectivity index (χ0v) is 17.4. The van der Waals surface area contributed by atoms with Crippen LogP contribution in [0.15, 0.2) is 30.3 Å². The van der Waals surface area contributed by atoms with E-state index in [0.29, 0.717) is 12.8 Å². The van der Waals surface area contributed by atoms with E-state index in [1.807, 2.05) is 42.1 Å². The summed E-state index contributed by atoms with van der Waals surface area (Å²) in [6.07, 6.45) is 10.5. The van der Waals surface area contributed by atoms with Crippen LogP contribution >= 0.6 is 11.8 Å². The monoisotopic (exact) mass is 393 g/mol. The van der Waals surface area contributed by atoms with Gasteiger partial charge in [-0.2, -0.15) is 11.8 Å². The number of rotatable bonds is 16. The summed E-state index contributed by atoms with van der Waals surface area (Å²) in [5, 5.41) is 12.0. The predicted molar refractivity (Wildman–Crippen MR) is 114 cm³/mol. The van der Waals surface area contributed by atoms with E-state index in [1.165, 1.54) is 44.3 Å². The quantitative estimate of drug-likeness (QED) is 0.385. The summed E-state index contributed by atoms with van der Waals surface area (Å²) in [7, 11) is 0. The molecule has 0 saturated carbocycles. The number of aliphatic carboxylic acids is 1. The number of carbonyl (C=O) groups excluding carboxylic acids is 1. The van der Waals surface area contributed by atoms with Crippen molar-refractivity contribution < 1.29 is 14.7 Å². The zero-order chi connectivity index (χ0) is 19.7. The summed E-state index contributed by atoms with van der Waals surface area (Å²) in [5.41, 5.74) is 0.913. The summed E-state index contributed by atoms with van der Waals surface area (Å²) < 4.78 is 0. The van der Waals surface area contributed by atoms with Crippen LogP contribution in [-0.4, -0.2) is 34.5 Å². The van der Waals surface area contributed by atoms with Crippen molar-refractivity contribution in [1.82, 2.24) is 5.32 Å². The highest BCUT2D eigenvalue weighted by atomic mass is 32.2. The molecule has 2 N–H and O–H groups in total. The second kappa shape index (κ2) is 15.6. The maximum Gasteiger partial charge on any atom is 0.326 e. The van der Waals surface area contributed by atoms with Crippen LogP contribution in [0, 0.1) is 0 Å². The van der Waals surface area contributed by atoms with Crippen LogP contribution in [0.1, 0.15) is 70.3 Å². The van der Waals surface area contributed by atoms with Gasteiger partial charge < -0.3 is 10.4 Å². The first-order valence-corrected chi connectivity index (χ1v) is 11.4. The van der Waals surface area contributed by atoms with Crippen molar-refractivity contribution in [2.45, 2.75) is 77.2 Å². The van der Waals surface area contributed by atoms with Gasteiger partial charge in [-0.25, -0.2) is 4.79 Å². The average molecular weight is 394 g/mol. The van der Waals surface area contributed by atoms with Gasteiger partial charge in [0.25, 0.3) is 0 Å². The Bertz CT molecular complexity index is 522. The summed E-state index contributed by atoms with van der Waals surface area (Å²) in [6.45, 7) is 2.24. The number of nitrogens with one attached hydrogen (secondary N) is 1. The lowest BCUT2D eigenvalue weighted by Gasteiger charge is -2.14. The molecule has 5 heteroatoms. The van der Waals surface area contributed by atoms with Gasteiger partial charge in [-0.1, -0.05) is 69.4 Å². The maximum atomic E-state index is 12.0. The number of benzene rings is 1. The average Bonchev–Trinajstić information content (AvgIpc) is 2.66. The standard InChI is InChI=1S/C22H35NO3S/c1-2-3-4-5-6-11-16-27-17-12-10-15-21(24)23-20(22(25)26)18-19-13-8-7-9-14-19/h7-9,13-14,20H,2-6,10-12,15-18H2,1H3,(H,23,24)(H,25,26)/t20-/m0/s1. The molecule has 0 fully saturated rings. The third kappa shape index (κ3) is 12.5. The fourth-order valence-corrected chi connectivity index (χ4v) is 3.91. The molecule has 27 heavy (non-hydrogen) atoms. The molecule has 0 aliphatic heterocycles. The van der Waals surface area contributed by atoms with Crippen molar-refractivity contribution in [3.05, 3.63) is 35.9 Å². The minimum absolute atomic E-state index is 0.167. The number of carboxylic acid groups (broad SMARTS) is 1. The molecule has 152 valence electrons. The lowest BCUT2D eigenvalue weighted by Crippen LogP contribution is -2.42. The molecule has 1 aromatic rings. The highest BCUT2D eigenvalue weighted by Crippen LogP contribution is 2.12. The number of thioether (sulfide) groups is 1. The van der Waals surface area contributed by atoms with Crippen molar-refractivity contribution in [2.24, 2.45) is 0 Å². The molecule has 0 unspecified atom stereocenters. The van der Waals surface area contributed by atoms with Gasteiger partial charge in [-0.3, -0.25) is 4.79 Å². The van der Waals surface area contributed by atoms with Gasteiger partial charge in [-0.15, -0.1) is 0 Å². The zero-order valence-electron chi connectivity index (χ0n) is 16.6. The van der Waals surface area contributed by atoms with Gasteiger partial charge in [-0.05, 0) is 36.3 Å². The van der Waals surface area contributed by atoms with E-state index < -0.39 is 12.0 Å². The Labute approximate surface area is 168 Å². The minimum Gasteiger partial charge on any atom is -0.480 e. The molecular weight excluding hydrogens is 358 g/mol. The molecule has 0 spiro atoms. The van der Waals surface area contributed by atoms with Crippen molar-refractivity contribution in [2.75, 3.05) is 11.5 Å². The fourth-order valence-electron chi connectivity index (χ4n) is 2.89. The van der Waals surface area contributed by atoms with E-state index in [2.05, 4.69) is 12.2 Å². The molecule has 0 heterocycles. The van der Waals surface area contributed by atoms with Crippen LogP contribution in [-0.2, 0) is 16.0 Å². The largest absolute Gasteiger partial charge is 0.480 e. The van der Waals surface area contributed by atoms with Crippen LogP contribution < -0.4 is 5.32 Å². The number of hydrogen-bond acceptors (Lipinski definition) is 3. The summed E-state index contributed by atoms with van der Waals surface area (Å²) in [4.78, 5) is 23.4. The van der Waals surface area contributed by atoms with Crippen molar-refractivity contribution in [3.8, 4) is 0 Å². The summed E-state index contributed by atoms with van der Waals surface area (Å²) in [5.74, 6) is 1.13. The summed E-state index contributed by atoms with van der Waals surface area (Å²) >= 11 is 1.96. The molecule has 1 aromatic carbocycles. The summed E-state index contributed by atoms with van der Waals surface area (Å²) in [6, 6.07) is 8.54. The second-order valence-corrected chi connectivity index (χ2v) is 8.21. The normalized spacial score (nSPS) is 11.9. The predicted octanol–water partition coefficient (Wildman–Crippen LogP) is 5.06. The molecule has 4 nitrogen and oxygen atoms in total. The molecule has 1 amide bonds. The van der Waals surface area contributed by atoms with E-state index in [9.17, 15) is 14.7 Å². The van der Waals surface area contributed by atoms with Gasteiger partial charge in [0.2, 0.25) is 5.91 Å².